The predicted molar refractivity (Wildman–Crippen MR) is 47.8 cm³/mol. The van der Waals surface area contributed by atoms with Crippen LogP contribution in [0.2, 0.25) is 0 Å². The molecule has 3 heteroatoms. The van der Waals surface area contributed by atoms with Gasteiger partial charge in [-0.1, -0.05) is 6.92 Å². The first-order chi connectivity index (χ1) is 5.86. The number of anilines is 1. The Morgan fingerprint density at radius 2 is 2.08 bits per heavy atom. The van der Waals surface area contributed by atoms with Gasteiger partial charge in [-0.3, -0.25) is 0 Å². The number of rotatable bonds is 2. The molecule has 1 aromatic heterocycles. The fraction of sp³-hybridized carbons (Fsp3) is 0.556. The van der Waals surface area contributed by atoms with Crippen LogP contribution in [0.25, 0.3) is 0 Å². The van der Waals surface area contributed by atoms with Crippen LogP contribution in [0.1, 0.15) is 19.8 Å². The van der Waals surface area contributed by atoms with Crippen LogP contribution in [0.3, 0.4) is 0 Å². The average Bonchev–Trinajstić information content (AvgIpc) is 2.14. The molecule has 2 rings (SSSR count). The molecule has 12 heavy (non-hydrogen) atoms. The molecule has 0 aliphatic heterocycles. The molecule has 1 aliphatic carbocycles. The van der Waals surface area contributed by atoms with Crippen LogP contribution < -0.4 is 5.32 Å². The number of nitrogens with one attached hydrogen (secondary N) is 1. The number of hydrogen-bond acceptors (Lipinski definition) is 3. The lowest BCUT2D eigenvalue weighted by atomic mass is 9.81. The summed E-state index contributed by atoms with van der Waals surface area (Å²) in [5.74, 6) is 0.796. The molecule has 1 heterocycles. The second-order valence-electron chi connectivity index (χ2n) is 3.43. The van der Waals surface area contributed by atoms with E-state index in [1.807, 2.05) is 12.4 Å². The zero-order chi connectivity index (χ0) is 8.39. The molecule has 1 N–H and O–H groups in total. The lowest BCUT2D eigenvalue weighted by Gasteiger charge is -2.34. The molecule has 0 aromatic carbocycles. The molecule has 2 atom stereocenters. The van der Waals surface area contributed by atoms with Gasteiger partial charge in [0.2, 0.25) is 0 Å². The van der Waals surface area contributed by atoms with Crippen LogP contribution in [0, 0.1) is 5.92 Å². The molecule has 1 aromatic rings. The summed E-state index contributed by atoms with van der Waals surface area (Å²) in [7, 11) is 0. The van der Waals surface area contributed by atoms with Gasteiger partial charge in [-0.15, -0.1) is 0 Å². The van der Waals surface area contributed by atoms with E-state index in [-0.39, 0.29) is 0 Å². The maximum Gasteiger partial charge on any atom is 0.115 e. The van der Waals surface area contributed by atoms with E-state index >= 15 is 0 Å². The largest absolute Gasteiger partial charge is 0.380 e. The molecule has 0 radical (unpaired) electrons. The van der Waals surface area contributed by atoms with Gasteiger partial charge in [0.25, 0.3) is 0 Å². The Hall–Kier alpha value is -1.12. The van der Waals surface area contributed by atoms with E-state index in [0.29, 0.717) is 6.04 Å². The Morgan fingerprint density at radius 1 is 1.33 bits per heavy atom. The van der Waals surface area contributed by atoms with Gasteiger partial charge in [0.05, 0.1) is 18.1 Å². The minimum absolute atomic E-state index is 0.635. The SMILES string of the molecule is CC1CCC1Nc1cncnc1. The van der Waals surface area contributed by atoms with Gasteiger partial charge in [0, 0.05) is 6.04 Å². The summed E-state index contributed by atoms with van der Waals surface area (Å²) in [6, 6.07) is 0.635. The van der Waals surface area contributed by atoms with Gasteiger partial charge in [-0.25, -0.2) is 9.97 Å². The van der Waals surface area contributed by atoms with Crippen LogP contribution in [0.15, 0.2) is 18.7 Å². The van der Waals surface area contributed by atoms with E-state index in [9.17, 15) is 0 Å². The summed E-state index contributed by atoms with van der Waals surface area (Å²) in [6.45, 7) is 2.27. The molecule has 0 bridgehead atoms. The van der Waals surface area contributed by atoms with E-state index in [4.69, 9.17) is 0 Å². The highest BCUT2D eigenvalue weighted by Gasteiger charge is 2.26. The quantitative estimate of drug-likeness (QED) is 0.721. The molecule has 1 aliphatic rings. The summed E-state index contributed by atoms with van der Waals surface area (Å²) >= 11 is 0. The van der Waals surface area contributed by atoms with Crippen LogP contribution in [-0.2, 0) is 0 Å². The average molecular weight is 163 g/mol. The summed E-state index contributed by atoms with van der Waals surface area (Å²) < 4.78 is 0. The molecule has 1 fully saturated rings. The van der Waals surface area contributed by atoms with Crippen molar-refractivity contribution in [3.63, 3.8) is 0 Å². The van der Waals surface area contributed by atoms with E-state index in [0.717, 1.165) is 11.6 Å². The third-order valence-corrected chi connectivity index (χ3v) is 2.53. The van der Waals surface area contributed by atoms with Gasteiger partial charge in [-0.2, -0.15) is 0 Å². The maximum atomic E-state index is 3.95. The maximum absolute atomic E-state index is 3.95. The Morgan fingerprint density at radius 3 is 2.58 bits per heavy atom. The minimum Gasteiger partial charge on any atom is -0.380 e. The van der Waals surface area contributed by atoms with Gasteiger partial charge in [0.1, 0.15) is 6.33 Å². The topological polar surface area (TPSA) is 37.8 Å². The third-order valence-electron chi connectivity index (χ3n) is 2.53. The first-order valence-electron chi connectivity index (χ1n) is 4.38. The standard InChI is InChI=1S/C9H13N3/c1-7-2-3-9(7)12-8-4-10-6-11-5-8/h4-7,9,12H,2-3H2,1H3. The Labute approximate surface area is 72.2 Å². The van der Waals surface area contributed by atoms with Crippen molar-refractivity contribution in [2.75, 3.05) is 5.32 Å². The lowest BCUT2D eigenvalue weighted by molar-refractivity contribution is 0.303. The molecular formula is C9H13N3. The Balaban J connectivity index is 1.95. The van der Waals surface area contributed by atoms with Crippen molar-refractivity contribution < 1.29 is 0 Å². The Bertz CT molecular complexity index is 247. The highest BCUT2D eigenvalue weighted by atomic mass is 15.0. The molecule has 3 nitrogen and oxygen atoms in total. The smallest absolute Gasteiger partial charge is 0.115 e. The van der Waals surface area contributed by atoms with E-state index in [1.165, 1.54) is 12.8 Å². The van der Waals surface area contributed by atoms with E-state index in [1.54, 1.807) is 6.33 Å². The molecule has 0 spiro atoms. The zero-order valence-electron chi connectivity index (χ0n) is 7.20. The summed E-state index contributed by atoms with van der Waals surface area (Å²) in [5.41, 5.74) is 1.04. The molecule has 64 valence electrons. The molecule has 1 saturated carbocycles. The fourth-order valence-corrected chi connectivity index (χ4v) is 1.47. The van der Waals surface area contributed by atoms with Gasteiger partial charge in [-0.05, 0) is 18.8 Å². The number of aromatic nitrogens is 2. The van der Waals surface area contributed by atoms with Crippen molar-refractivity contribution in [2.24, 2.45) is 5.92 Å². The first-order valence-corrected chi connectivity index (χ1v) is 4.38. The lowest BCUT2D eigenvalue weighted by Crippen LogP contribution is -2.36. The number of nitrogens with zero attached hydrogens (tertiary/aromatic N) is 2. The summed E-state index contributed by atoms with van der Waals surface area (Å²) in [6.07, 6.45) is 7.80. The minimum atomic E-state index is 0.635. The van der Waals surface area contributed by atoms with Crippen molar-refractivity contribution in [2.45, 2.75) is 25.8 Å². The normalized spacial score (nSPS) is 27.8. The van der Waals surface area contributed by atoms with Gasteiger partial charge < -0.3 is 5.32 Å². The van der Waals surface area contributed by atoms with Gasteiger partial charge >= 0.3 is 0 Å². The molecular weight excluding hydrogens is 150 g/mol. The third kappa shape index (κ3) is 1.40. The van der Waals surface area contributed by atoms with E-state index in [2.05, 4.69) is 22.2 Å². The second kappa shape index (κ2) is 3.09. The van der Waals surface area contributed by atoms with Gasteiger partial charge in [0.15, 0.2) is 0 Å². The molecule has 0 amide bonds. The van der Waals surface area contributed by atoms with E-state index < -0.39 is 0 Å². The molecule has 2 unspecified atom stereocenters. The van der Waals surface area contributed by atoms with Crippen molar-refractivity contribution >= 4 is 5.69 Å². The summed E-state index contributed by atoms with van der Waals surface area (Å²) in [4.78, 5) is 7.90. The number of hydrogen-bond donors (Lipinski definition) is 1. The fourth-order valence-electron chi connectivity index (χ4n) is 1.47. The first kappa shape index (κ1) is 7.53. The van der Waals surface area contributed by atoms with Crippen LogP contribution in [0.4, 0.5) is 5.69 Å². The summed E-state index contributed by atoms with van der Waals surface area (Å²) in [5, 5.41) is 3.40. The second-order valence-corrected chi connectivity index (χ2v) is 3.43. The predicted octanol–water partition coefficient (Wildman–Crippen LogP) is 1.69. The van der Waals surface area contributed by atoms with Crippen molar-refractivity contribution in [3.05, 3.63) is 18.7 Å². The van der Waals surface area contributed by atoms with Crippen LogP contribution in [0.5, 0.6) is 0 Å². The van der Waals surface area contributed by atoms with Crippen molar-refractivity contribution in [1.82, 2.24) is 9.97 Å². The Kier molecular flexibility index (Phi) is 1.94. The van der Waals surface area contributed by atoms with Crippen molar-refractivity contribution in [3.8, 4) is 0 Å². The van der Waals surface area contributed by atoms with Crippen LogP contribution >= 0.6 is 0 Å². The van der Waals surface area contributed by atoms with Crippen molar-refractivity contribution in [1.29, 1.82) is 0 Å². The molecule has 0 saturated heterocycles. The monoisotopic (exact) mass is 163 g/mol. The highest BCUT2D eigenvalue weighted by Crippen LogP contribution is 2.29. The van der Waals surface area contributed by atoms with Crippen LogP contribution in [-0.4, -0.2) is 16.0 Å². The highest BCUT2D eigenvalue weighted by molar-refractivity contribution is 5.39. The zero-order valence-corrected chi connectivity index (χ0v) is 7.20.